The van der Waals surface area contributed by atoms with Crippen LogP contribution in [-0.2, 0) is 32.6 Å². The highest BCUT2D eigenvalue weighted by Crippen LogP contribution is 2.41. The van der Waals surface area contributed by atoms with Crippen LogP contribution in [0.4, 0.5) is 0 Å². The fourth-order valence-corrected chi connectivity index (χ4v) is 6.69. The standard InChI is InChI=1S/C37H41N3O4/c1-25-28(11-7-13-31(25)27-9-3-2-4-10-27)24-44-35-18-36(43-23-26-17-29(37(38)42)20-39-19-26)34(32-14-8-15-33(32)35)21-40-16-6-5-12-30(40)22-41/h2-4,7,9-11,13,17-20,30,41H,5-6,8,12,14-16,21-24H2,1H3,(H2,38,42)/t30-/m0/s1. The van der Waals surface area contributed by atoms with Gasteiger partial charge in [-0.2, -0.15) is 0 Å². The number of hydrogen-bond donors (Lipinski definition) is 2. The second-order valence-corrected chi connectivity index (χ2v) is 11.9. The maximum atomic E-state index is 11.7. The molecular weight excluding hydrogens is 550 g/mol. The van der Waals surface area contributed by atoms with Crippen molar-refractivity contribution >= 4 is 5.91 Å². The van der Waals surface area contributed by atoms with E-state index < -0.39 is 5.91 Å². The van der Waals surface area contributed by atoms with Crippen molar-refractivity contribution in [3.8, 4) is 22.6 Å². The lowest BCUT2D eigenvalue weighted by Crippen LogP contribution is -2.41. The molecule has 2 aliphatic rings. The molecule has 6 rings (SSSR count). The first-order valence-corrected chi connectivity index (χ1v) is 15.7. The maximum Gasteiger partial charge on any atom is 0.250 e. The number of likely N-dealkylation sites (tertiary alicyclic amines) is 1. The minimum Gasteiger partial charge on any atom is -0.488 e. The summed E-state index contributed by atoms with van der Waals surface area (Å²) in [6.45, 7) is 4.71. The summed E-state index contributed by atoms with van der Waals surface area (Å²) in [5.74, 6) is 1.13. The molecule has 1 fully saturated rings. The Morgan fingerprint density at radius 1 is 0.955 bits per heavy atom. The van der Waals surface area contributed by atoms with Crippen LogP contribution in [0.25, 0.3) is 11.1 Å². The topological polar surface area (TPSA) is 97.9 Å². The van der Waals surface area contributed by atoms with Crippen molar-refractivity contribution in [2.45, 2.75) is 71.2 Å². The number of nitrogens with zero attached hydrogens (tertiary/aromatic N) is 2. The molecule has 1 saturated heterocycles. The Labute approximate surface area is 259 Å². The minimum absolute atomic E-state index is 0.154. The van der Waals surface area contributed by atoms with Crippen LogP contribution in [0, 0.1) is 6.92 Å². The van der Waals surface area contributed by atoms with Crippen LogP contribution in [-0.4, -0.2) is 40.1 Å². The number of amides is 1. The number of fused-ring (bicyclic) bond motifs is 1. The third-order valence-corrected chi connectivity index (χ3v) is 9.15. The molecule has 2 heterocycles. The van der Waals surface area contributed by atoms with Crippen LogP contribution in [0.15, 0.2) is 73.1 Å². The summed E-state index contributed by atoms with van der Waals surface area (Å²) in [6.07, 6.45) is 9.45. The van der Waals surface area contributed by atoms with Crippen molar-refractivity contribution < 1.29 is 19.4 Å². The Morgan fingerprint density at radius 3 is 2.59 bits per heavy atom. The number of rotatable bonds is 11. The smallest absolute Gasteiger partial charge is 0.250 e. The SMILES string of the molecule is Cc1c(COc2cc(OCc3cncc(C(N)=O)c3)c(CN3CCCC[C@H]3CO)c3c2CCC3)cccc1-c1ccccc1. The maximum absolute atomic E-state index is 11.7. The van der Waals surface area contributed by atoms with Gasteiger partial charge in [0.2, 0.25) is 5.91 Å². The minimum atomic E-state index is -0.514. The van der Waals surface area contributed by atoms with Gasteiger partial charge < -0.3 is 20.3 Å². The lowest BCUT2D eigenvalue weighted by Gasteiger charge is -2.35. The number of piperidine rings is 1. The molecule has 44 heavy (non-hydrogen) atoms. The van der Waals surface area contributed by atoms with Crippen LogP contribution < -0.4 is 15.2 Å². The number of aliphatic hydroxyl groups excluding tert-OH is 1. The quantitative estimate of drug-likeness (QED) is 0.217. The molecule has 1 atom stereocenters. The largest absolute Gasteiger partial charge is 0.488 e. The van der Waals surface area contributed by atoms with Gasteiger partial charge in [0.05, 0.1) is 12.2 Å². The Bertz CT molecular complexity index is 1620. The van der Waals surface area contributed by atoms with Gasteiger partial charge in [0.25, 0.3) is 0 Å². The average Bonchev–Trinajstić information content (AvgIpc) is 3.55. The van der Waals surface area contributed by atoms with Crippen LogP contribution in [0.1, 0.15) is 69.4 Å². The summed E-state index contributed by atoms with van der Waals surface area (Å²) < 4.78 is 13.2. The molecule has 3 N–H and O–H groups in total. The van der Waals surface area contributed by atoms with E-state index in [0.29, 0.717) is 12.2 Å². The molecule has 0 bridgehead atoms. The van der Waals surface area contributed by atoms with E-state index in [1.807, 2.05) is 6.07 Å². The number of hydrogen-bond acceptors (Lipinski definition) is 6. The number of pyridine rings is 1. The molecule has 0 spiro atoms. The van der Waals surface area contributed by atoms with Crippen molar-refractivity contribution in [1.82, 2.24) is 9.88 Å². The first kappa shape index (κ1) is 29.9. The lowest BCUT2D eigenvalue weighted by atomic mass is 9.96. The summed E-state index contributed by atoms with van der Waals surface area (Å²) in [5, 5.41) is 10.1. The highest BCUT2D eigenvalue weighted by Gasteiger charge is 2.28. The van der Waals surface area contributed by atoms with E-state index in [2.05, 4.69) is 65.3 Å². The van der Waals surface area contributed by atoms with E-state index in [1.54, 1.807) is 12.3 Å². The summed E-state index contributed by atoms with van der Waals surface area (Å²) in [5.41, 5.74) is 15.1. The molecule has 228 valence electrons. The van der Waals surface area contributed by atoms with E-state index >= 15 is 0 Å². The van der Waals surface area contributed by atoms with Crippen molar-refractivity contribution in [3.05, 3.63) is 112 Å². The number of ether oxygens (including phenoxy) is 2. The van der Waals surface area contributed by atoms with E-state index in [-0.39, 0.29) is 19.3 Å². The molecule has 1 aliphatic heterocycles. The average molecular weight is 592 g/mol. The molecule has 7 heteroatoms. The first-order chi connectivity index (χ1) is 21.5. The second kappa shape index (κ2) is 13.6. The molecule has 7 nitrogen and oxygen atoms in total. The van der Waals surface area contributed by atoms with E-state index in [9.17, 15) is 9.90 Å². The van der Waals surface area contributed by atoms with Gasteiger partial charge in [-0.05, 0) is 85.0 Å². The predicted octanol–water partition coefficient (Wildman–Crippen LogP) is 6.15. The molecule has 0 saturated carbocycles. The van der Waals surface area contributed by atoms with Gasteiger partial charge in [-0.3, -0.25) is 14.7 Å². The zero-order valence-electron chi connectivity index (χ0n) is 25.4. The van der Waals surface area contributed by atoms with Crippen molar-refractivity contribution in [1.29, 1.82) is 0 Å². The van der Waals surface area contributed by atoms with E-state index in [4.69, 9.17) is 15.2 Å². The Hall–Kier alpha value is -4.20. The van der Waals surface area contributed by atoms with Crippen molar-refractivity contribution in [2.75, 3.05) is 13.2 Å². The van der Waals surface area contributed by atoms with Gasteiger partial charge in [-0.15, -0.1) is 0 Å². The number of nitrogens with two attached hydrogens (primary N) is 1. The van der Waals surface area contributed by atoms with Gasteiger partial charge >= 0.3 is 0 Å². The third-order valence-electron chi connectivity index (χ3n) is 9.15. The Kier molecular flexibility index (Phi) is 9.24. The Morgan fingerprint density at radius 2 is 1.77 bits per heavy atom. The summed E-state index contributed by atoms with van der Waals surface area (Å²) in [6, 6.07) is 20.8. The van der Waals surface area contributed by atoms with Crippen LogP contribution in [0.3, 0.4) is 0 Å². The molecule has 3 aromatic carbocycles. The summed E-state index contributed by atoms with van der Waals surface area (Å²) in [4.78, 5) is 18.3. The molecule has 1 aliphatic carbocycles. The summed E-state index contributed by atoms with van der Waals surface area (Å²) >= 11 is 0. The van der Waals surface area contributed by atoms with Gasteiger partial charge in [-0.25, -0.2) is 0 Å². The normalized spacial score (nSPS) is 16.5. The number of carbonyl (C=O) groups is 1. The number of carbonyl (C=O) groups excluding carboxylic acids is 1. The van der Waals surface area contributed by atoms with Gasteiger partial charge in [0.1, 0.15) is 24.7 Å². The van der Waals surface area contributed by atoms with Crippen LogP contribution in [0.5, 0.6) is 11.5 Å². The molecule has 0 unspecified atom stereocenters. The van der Waals surface area contributed by atoms with Gasteiger partial charge in [0.15, 0.2) is 0 Å². The zero-order chi connectivity index (χ0) is 30.5. The number of benzene rings is 3. The Balaban J connectivity index is 1.32. The fraction of sp³-hybridized carbons (Fsp3) is 0.351. The molecule has 0 radical (unpaired) electrons. The van der Waals surface area contributed by atoms with Crippen LogP contribution in [0.2, 0.25) is 0 Å². The summed E-state index contributed by atoms with van der Waals surface area (Å²) in [7, 11) is 0. The fourth-order valence-electron chi connectivity index (χ4n) is 6.69. The highest BCUT2D eigenvalue weighted by atomic mass is 16.5. The third kappa shape index (κ3) is 6.49. The van der Waals surface area contributed by atoms with E-state index in [1.165, 1.54) is 39.6 Å². The second-order valence-electron chi connectivity index (χ2n) is 11.9. The van der Waals surface area contributed by atoms with Crippen LogP contribution >= 0.6 is 0 Å². The molecule has 4 aromatic rings. The molecular formula is C37H41N3O4. The highest BCUT2D eigenvalue weighted by molar-refractivity contribution is 5.92. The van der Waals surface area contributed by atoms with Crippen molar-refractivity contribution in [2.24, 2.45) is 5.73 Å². The number of primary amides is 1. The molecule has 1 amide bonds. The lowest BCUT2D eigenvalue weighted by molar-refractivity contribution is 0.0828. The first-order valence-electron chi connectivity index (χ1n) is 15.7. The predicted molar refractivity (Wildman–Crippen MR) is 172 cm³/mol. The molecule has 1 aromatic heterocycles. The zero-order valence-corrected chi connectivity index (χ0v) is 25.4. The number of aromatic nitrogens is 1. The van der Waals surface area contributed by atoms with E-state index in [0.717, 1.165) is 74.2 Å². The van der Waals surface area contributed by atoms with Gasteiger partial charge in [0, 0.05) is 42.2 Å². The number of aliphatic hydroxyl groups is 1. The van der Waals surface area contributed by atoms with Gasteiger partial charge in [-0.1, -0.05) is 55.0 Å². The van der Waals surface area contributed by atoms with Crippen molar-refractivity contribution in [3.63, 3.8) is 0 Å². The monoisotopic (exact) mass is 591 g/mol.